The number of hydrogen-bond donors (Lipinski definition) is 1. The first-order chi connectivity index (χ1) is 17.9. The lowest BCUT2D eigenvalue weighted by Crippen LogP contribution is -2.51. The Morgan fingerprint density at radius 1 is 1.00 bits per heavy atom. The van der Waals surface area contributed by atoms with Crippen molar-refractivity contribution in [2.24, 2.45) is 0 Å². The largest absolute Gasteiger partial charge is 0.354 e. The van der Waals surface area contributed by atoms with Crippen LogP contribution in [0.3, 0.4) is 0 Å². The van der Waals surface area contributed by atoms with Gasteiger partial charge in [0.2, 0.25) is 11.8 Å². The van der Waals surface area contributed by atoms with Crippen LogP contribution in [0.2, 0.25) is 10.0 Å². The molecule has 2 amide bonds. The lowest BCUT2D eigenvalue weighted by atomic mass is 10.0. The molecule has 0 saturated carbocycles. The topological polar surface area (TPSA) is 49.4 Å². The maximum Gasteiger partial charge on any atom is 0.243 e. The molecule has 1 atom stereocenters. The predicted molar refractivity (Wildman–Crippen MR) is 151 cm³/mol. The fraction of sp³-hybridized carbons (Fsp3) is 0.310. The number of carbonyl (C=O) groups excluding carboxylic acids is 2. The van der Waals surface area contributed by atoms with E-state index in [9.17, 15) is 14.0 Å². The van der Waals surface area contributed by atoms with E-state index < -0.39 is 11.9 Å². The summed E-state index contributed by atoms with van der Waals surface area (Å²) in [5.41, 5.74) is 2.14. The Hall–Kier alpha value is -2.54. The second-order valence-corrected chi connectivity index (χ2v) is 10.5. The van der Waals surface area contributed by atoms with Crippen molar-refractivity contribution in [3.05, 3.63) is 105 Å². The first-order valence-electron chi connectivity index (χ1n) is 12.2. The van der Waals surface area contributed by atoms with Gasteiger partial charge in [-0.2, -0.15) is 0 Å². The minimum absolute atomic E-state index is 0.0682. The molecule has 3 aromatic rings. The minimum atomic E-state index is -0.719. The van der Waals surface area contributed by atoms with Crippen molar-refractivity contribution in [2.75, 3.05) is 12.3 Å². The van der Waals surface area contributed by atoms with E-state index in [4.69, 9.17) is 23.2 Å². The summed E-state index contributed by atoms with van der Waals surface area (Å²) in [6.07, 6.45) is 2.17. The quantitative estimate of drug-likeness (QED) is 0.231. The highest BCUT2D eigenvalue weighted by atomic mass is 35.5. The van der Waals surface area contributed by atoms with E-state index in [2.05, 4.69) is 12.2 Å². The van der Waals surface area contributed by atoms with Crippen LogP contribution in [-0.4, -0.2) is 35.1 Å². The number of hydrogen-bond acceptors (Lipinski definition) is 3. The van der Waals surface area contributed by atoms with Gasteiger partial charge >= 0.3 is 0 Å². The summed E-state index contributed by atoms with van der Waals surface area (Å²) >= 11 is 13.6. The zero-order valence-corrected chi connectivity index (χ0v) is 23.1. The van der Waals surface area contributed by atoms with Crippen molar-refractivity contribution >= 4 is 46.8 Å². The van der Waals surface area contributed by atoms with Gasteiger partial charge in [-0.05, 0) is 41.8 Å². The van der Waals surface area contributed by atoms with Gasteiger partial charge in [0.05, 0.1) is 5.75 Å². The fourth-order valence-corrected chi connectivity index (χ4v) is 5.35. The van der Waals surface area contributed by atoms with Crippen molar-refractivity contribution in [1.82, 2.24) is 10.2 Å². The van der Waals surface area contributed by atoms with Crippen molar-refractivity contribution in [3.63, 3.8) is 0 Å². The maximum atomic E-state index is 14.2. The molecule has 0 heterocycles. The van der Waals surface area contributed by atoms with E-state index in [1.54, 1.807) is 29.2 Å². The van der Waals surface area contributed by atoms with Crippen LogP contribution in [-0.2, 0) is 28.3 Å². The van der Waals surface area contributed by atoms with E-state index in [0.717, 1.165) is 24.0 Å². The molecule has 37 heavy (non-hydrogen) atoms. The van der Waals surface area contributed by atoms with Crippen molar-refractivity contribution in [1.29, 1.82) is 0 Å². The molecule has 0 saturated heterocycles. The summed E-state index contributed by atoms with van der Waals surface area (Å²) in [5.74, 6) is -0.508. The number of thioether (sulfide) groups is 1. The van der Waals surface area contributed by atoms with E-state index in [1.807, 2.05) is 42.5 Å². The highest BCUT2D eigenvalue weighted by Gasteiger charge is 2.30. The number of rotatable bonds is 13. The standard InChI is InChI=1S/C29H31Cl2FN2O2S/c1-2-3-15-33-29(36)27(17-21-9-5-4-6-10-21)34(18-22-11-7-12-23(30)16-22)28(35)20-37-19-24-25(31)13-8-14-26(24)32/h4-14,16,27H,2-3,15,17-20H2,1H3,(H,33,36). The van der Waals surface area contributed by atoms with Crippen LogP contribution < -0.4 is 5.32 Å². The normalized spacial score (nSPS) is 11.7. The lowest BCUT2D eigenvalue weighted by Gasteiger charge is -2.31. The third-order valence-corrected chi connectivity index (χ3v) is 7.41. The van der Waals surface area contributed by atoms with Crippen LogP contribution in [0, 0.1) is 5.82 Å². The third-order valence-electron chi connectivity index (χ3n) is 5.88. The van der Waals surface area contributed by atoms with E-state index in [0.29, 0.717) is 28.6 Å². The van der Waals surface area contributed by atoms with E-state index in [-0.39, 0.29) is 29.9 Å². The van der Waals surface area contributed by atoms with Gasteiger partial charge in [-0.3, -0.25) is 9.59 Å². The van der Waals surface area contributed by atoms with Gasteiger partial charge in [0.25, 0.3) is 0 Å². The minimum Gasteiger partial charge on any atom is -0.354 e. The molecule has 8 heteroatoms. The molecule has 3 aromatic carbocycles. The molecule has 0 radical (unpaired) electrons. The second-order valence-electron chi connectivity index (χ2n) is 8.69. The molecule has 0 spiro atoms. The molecule has 1 unspecified atom stereocenters. The highest BCUT2D eigenvalue weighted by molar-refractivity contribution is 7.99. The van der Waals surface area contributed by atoms with E-state index in [1.165, 1.54) is 17.8 Å². The van der Waals surface area contributed by atoms with Gasteiger partial charge in [0.15, 0.2) is 0 Å². The Kier molecular flexibility index (Phi) is 11.8. The Bertz CT molecular complexity index is 1160. The van der Waals surface area contributed by atoms with Crippen molar-refractivity contribution in [3.8, 4) is 0 Å². The molecule has 3 rings (SSSR count). The average Bonchev–Trinajstić information content (AvgIpc) is 2.88. The molecule has 0 aromatic heterocycles. The van der Waals surface area contributed by atoms with Crippen LogP contribution in [0.1, 0.15) is 36.5 Å². The number of nitrogens with one attached hydrogen (secondary N) is 1. The van der Waals surface area contributed by atoms with Crippen molar-refractivity contribution in [2.45, 2.75) is 44.5 Å². The van der Waals surface area contributed by atoms with E-state index >= 15 is 0 Å². The van der Waals surface area contributed by atoms with Crippen LogP contribution >= 0.6 is 35.0 Å². The number of unbranched alkanes of at least 4 members (excludes halogenated alkanes) is 1. The van der Waals surface area contributed by atoms with Gasteiger partial charge in [-0.25, -0.2) is 4.39 Å². The summed E-state index contributed by atoms with van der Waals surface area (Å²) in [7, 11) is 0. The Morgan fingerprint density at radius 3 is 2.43 bits per heavy atom. The van der Waals surface area contributed by atoms with Crippen LogP contribution in [0.25, 0.3) is 0 Å². The molecular weight excluding hydrogens is 530 g/mol. The Balaban J connectivity index is 1.85. The number of carbonyl (C=O) groups is 2. The SMILES string of the molecule is CCCCNC(=O)C(Cc1ccccc1)N(Cc1cccc(Cl)c1)C(=O)CSCc1c(F)cccc1Cl. The Labute approximate surface area is 232 Å². The number of amides is 2. The smallest absolute Gasteiger partial charge is 0.243 e. The number of benzene rings is 3. The zero-order chi connectivity index (χ0) is 26.6. The van der Waals surface area contributed by atoms with Gasteiger partial charge < -0.3 is 10.2 Å². The molecule has 0 aliphatic rings. The predicted octanol–water partition coefficient (Wildman–Crippen LogP) is 6.92. The number of nitrogens with zero attached hydrogens (tertiary/aromatic N) is 1. The molecule has 0 aliphatic carbocycles. The maximum absolute atomic E-state index is 14.2. The lowest BCUT2D eigenvalue weighted by molar-refractivity contribution is -0.139. The van der Waals surface area contributed by atoms with Crippen LogP contribution in [0.5, 0.6) is 0 Å². The Morgan fingerprint density at radius 2 is 1.73 bits per heavy atom. The summed E-state index contributed by atoms with van der Waals surface area (Å²) in [6.45, 7) is 2.82. The molecule has 0 bridgehead atoms. The molecule has 196 valence electrons. The fourth-order valence-electron chi connectivity index (χ4n) is 3.89. The van der Waals surface area contributed by atoms with Crippen LogP contribution in [0.4, 0.5) is 4.39 Å². The van der Waals surface area contributed by atoms with Gasteiger partial charge in [-0.1, -0.05) is 85.1 Å². The average molecular weight is 562 g/mol. The number of halogens is 3. The molecule has 0 aliphatic heterocycles. The molecule has 4 nitrogen and oxygen atoms in total. The van der Waals surface area contributed by atoms with Gasteiger partial charge in [-0.15, -0.1) is 11.8 Å². The first-order valence-corrected chi connectivity index (χ1v) is 14.2. The summed E-state index contributed by atoms with van der Waals surface area (Å²) in [5, 5.41) is 3.88. The van der Waals surface area contributed by atoms with Crippen molar-refractivity contribution < 1.29 is 14.0 Å². The molecular formula is C29H31Cl2FN2O2S. The summed E-state index contributed by atoms with van der Waals surface area (Å²) in [4.78, 5) is 28.6. The second kappa shape index (κ2) is 15.0. The first kappa shape index (κ1) is 29.0. The summed E-state index contributed by atoms with van der Waals surface area (Å²) in [6, 6.07) is 20.7. The zero-order valence-electron chi connectivity index (χ0n) is 20.8. The molecule has 1 N–H and O–H groups in total. The monoisotopic (exact) mass is 560 g/mol. The van der Waals surface area contributed by atoms with Gasteiger partial charge in [0, 0.05) is 40.9 Å². The highest BCUT2D eigenvalue weighted by Crippen LogP contribution is 2.25. The summed E-state index contributed by atoms with van der Waals surface area (Å²) < 4.78 is 14.2. The third kappa shape index (κ3) is 9.06. The van der Waals surface area contributed by atoms with Crippen LogP contribution in [0.15, 0.2) is 72.8 Å². The van der Waals surface area contributed by atoms with Gasteiger partial charge in [0.1, 0.15) is 11.9 Å². The molecule has 0 fully saturated rings.